The van der Waals surface area contributed by atoms with Crippen LogP contribution in [0.15, 0.2) is 22.8 Å². The van der Waals surface area contributed by atoms with Gasteiger partial charge in [-0.2, -0.15) is 0 Å². The number of hydrogen-bond acceptors (Lipinski definition) is 5. The summed E-state index contributed by atoms with van der Waals surface area (Å²) in [6, 6.07) is 2.95. The molecule has 1 fully saturated rings. The molecule has 2 rings (SSSR count). The van der Waals surface area contributed by atoms with Crippen molar-refractivity contribution >= 4 is 41.0 Å². The van der Waals surface area contributed by atoms with Crippen LogP contribution >= 0.6 is 23.2 Å². The topological polar surface area (TPSA) is 97.6 Å². The van der Waals surface area contributed by atoms with Crippen LogP contribution in [0.4, 0.5) is 0 Å². The van der Waals surface area contributed by atoms with Gasteiger partial charge in [-0.1, -0.05) is 0 Å². The minimum atomic E-state index is -1.16. The number of furan rings is 1. The van der Waals surface area contributed by atoms with Crippen molar-refractivity contribution in [1.82, 2.24) is 10.9 Å². The predicted molar refractivity (Wildman–Crippen MR) is 72.4 cm³/mol. The zero-order chi connectivity index (χ0) is 15.7. The molecule has 1 aliphatic rings. The number of hydrogen-bond donors (Lipinski definition) is 2. The molecule has 2 N–H and O–H groups in total. The van der Waals surface area contributed by atoms with Crippen LogP contribution in [-0.2, 0) is 14.3 Å². The van der Waals surface area contributed by atoms with Crippen LogP contribution < -0.4 is 10.9 Å². The monoisotopic (exact) mass is 334 g/mol. The van der Waals surface area contributed by atoms with Crippen LogP contribution in [0.3, 0.4) is 0 Å². The number of nitrogens with one attached hydrogen (secondary N) is 2. The predicted octanol–water partition coefficient (Wildman–Crippen LogP) is 1.17. The smallest absolute Gasteiger partial charge is 0.315 e. The van der Waals surface area contributed by atoms with Crippen LogP contribution in [0.5, 0.6) is 0 Å². The molecule has 1 aliphatic carbocycles. The molecule has 0 radical (unpaired) electrons. The number of carbonyl (C=O) groups excluding carboxylic acids is 3. The summed E-state index contributed by atoms with van der Waals surface area (Å²) in [5, 5.41) is 0. The van der Waals surface area contributed by atoms with E-state index in [4.69, 9.17) is 32.4 Å². The number of alkyl halides is 2. The average Bonchev–Trinajstić information content (AvgIpc) is 2.86. The maximum Gasteiger partial charge on any atom is 0.315 e. The van der Waals surface area contributed by atoms with E-state index in [-0.39, 0.29) is 12.2 Å². The Bertz CT molecular complexity index is 572. The average molecular weight is 335 g/mol. The number of ether oxygens (including phenoxy) is 1. The summed E-state index contributed by atoms with van der Waals surface area (Å²) < 4.78 is 8.46. The highest BCUT2D eigenvalue weighted by molar-refractivity contribution is 6.53. The molecular formula is C12H12Cl2N2O5. The highest BCUT2D eigenvalue weighted by Crippen LogP contribution is 2.64. The molecule has 0 spiro atoms. The van der Waals surface area contributed by atoms with E-state index >= 15 is 0 Å². The van der Waals surface area contributed by atoms with Gasteiger partial charge >= 0.3 is 11.9 Å². The van der Waals surface area contributed by atoms with Gasteiger partial charge in [-0.25, -0.2) is 0 Å². The van der Waals surface area contributed by atoms with Crippen molar-refractivity contribution in [2.45, 2.75) is 17.7 Å². The largest absolute Gasteiger partial charge is 0.459 e. The molecule has 7 nitrogen and oxygen atoms in total. The molecule has 0 bridgehead atoms. The standard InChI is InChI=1S/C12H12Cl2N2O5/c1-11(6-12(11,13)14)10(19)21-5-8(17)15-16-9(18)7-3-2-4-20-7/h2-4H,5-6H2,1H3,(H,15,17)(H,16,18)/t11-/m0/s1. The van der Waals surface area contributed by atoms with Gasteiger partial charge in [-0.3, -0.25) is 25.2 Å². The fraction of sp³-hybridized carbons (Fsp3) is 0.417. The zero-order valence-electron chi connectivity index (χ0n) is 10.9. The minimum Gasteiger partial charge on any atom is -0.459 e. The summed E-state index contributed by atoms with van der Waals surface area (Å²) in [5.41, 5.74) is 3.17. The SMILES string of the molecule is C[C@@]1(C(=O)OCC(=O)NNC(=O)c2ccco2)CC1(Cl)Cl. The van der Waals surface area contributed by atoms with E-state index in [1.54, 1.807) is 6.92 Å². The third-order valence-corrected chi connectivity index (χ3v) is 4.20. The van der Waals surface area contributed by atoms with Crippen LogP contribution in [0.1, 0.15) is 23.9 Å². The Labute approximate surface area is 129 Å². The van der Waals surface area contributed by atoms with Gasteiger partial charge in [-0.05, 0) is 19.1 Å². The molecule has 114 valence electrons. The van der Waals surface area contributed by atoms with Gasteiger partial charge in [0.15, 0.2) is 12.4 Å². The summed E-state index contributed by atoms with van der Waals surface area (Å²) in [4.78, 5) is 34.6. The molecule has 1 atom stereocenters. The van der Waals surface area contributed by atoms with Crippen LogP contribution in [0.25, 0.3) is 0 Å². The molecule has 21 heavy (non-hydrogen) atoms. The normalized spacial score (nSPS) is 22.2. The molecule has 0 aliphatic heterocycles. The molecule has 1 aromatic heterocycles. The van der Waals surface area contributed by atoms with Crippen LogP contribution in [0, 0.1) is 5.41 Å². The summed E-state index contributed by atoms with van der Waals surface area (Å²) in [6.07, 6.45) is 1.58. The lowest BCUT2D eigenvalue weighted by Gasteiger charge is -2.11. The van der Waals surface area contributed by atoms with Crippen molar-refractivity contribution in [3.05, 3.63) is 24.2 Å². The van der Waals surface area contributed by atoms with Gasteiger partial charge < -0.3 is 9.15 Å². The quantitative estimate of drug-likeness (QED) is 0.489. The summed E-state index contributed by atoms with van der Waals surface area (Å²) in [6.45, 7) is 0.989. The summed E-state index contributed by atoms with van der Waals surface area (Å²) in [7, 11) is 0. The van der Waals surface area contributed by atoms with E-state index in [2.05, 4.69) is 10.9 Å². The summed E-state index contributed by atoms with van der Waals surface area (Å²) >= 11 is 11.6. The van der Waals surface area contributed by atoms with Crippen molar-refractivity contribution in [2.24, 2.45) is 5.41 Å². The highest BCUT2D eigenvalue weighted by Gasteiger charge is 2.69. The molecule has 1 heterocycles. The number of esters is 1. The number of rotatable bonds is 4. The molecule has 2 amide bonds. The Morgan fingerprint density at radius 2 is 2.05 bits per heavy atom. The number of halogens is 2. The van der Waals surface area contributed by atoms with E-state index in [0.29, 0.717) is 0 Å². The first-order valence-corrected chi connectivity index (χ1v) is 6.69. The Balaban J connectivity index is 1.71. The van der Waals surface area contributed by atoms with E-state index in [1.807, 2.05) is 0 Å². The first-order chi connectivity index (χ1) is 9.76. The van der Waals surface area contributed by atoms with Crippen molar-refractivity contribution in [1.29, 1.82) is 0 Å². The van der Waals surface area contributed by atoms with Gasteiger partial charge in [0, 0.05) is 6.42 Å². The Morgan fingerprint density at radius 1 is 1.38 bits per heavy atom. The van der Waals surface area contributed by atoms with Crippen LogP contribution in [-0.4, -0.2) is 28.7 Å². The lowest BCUT2D eigenvalue weighted by atomic mass is 10.1. The van der Waals surface area contributed by atoms with Crippen LogP contribution in [0.2, 0.25) is 0 Å². The zero-order valence-corrected chi connectivity index (χ0v) is 12.5. The van der Waals surface area contributed by atoms with E-state index in [1.165, 1.54) is 18.4 Å². The van der Waals surface area contributed by atoms with Crippen molar-refractivity contribution in [3.8, 4) is 0 Å². The Kier molecular flexibility index (Phi) is 4.15. The van der Waals surface area contributed by atoms with E-state index in [9.17, 15) is 14.4 Å². The fourth-order valence-corrected chi connectivity index (χ4v) is 2.23. The number of amides is 2. The van der Waals surface area contributed by atoms with Gasteiger partial charge in [0.1, 0.15) is 9.75 Å². The minimum absolute atomic E-state index is 0.0341. The maximum absolute atomic E-state index is 11.7. The molecule has 0 aromatic carbocycles. The maximum atomic E-state index is 11.7. The van der Waals surface area contributed by atoms with Gasteiger partial charge in [0.05, 0.1) is 6.26 Å². The molecule has 1 aromatic rings. The second-order valence-corrected chi connectivity index (χ2v) is 6.25. The molecule has 0 saturated heterocycles. The first-order valence-electron chi connectivity index (χ1n) is 5.94. The molecule has 9 heteroatoms. The highest BCUT2D eigenvalue weighted by atomic mass is 35.5. The molecular weight excluding hydrogens is 323 g/mol. The van der Waals surface area contributed by atoms with Crippen molar-refractivity contribution in [3.63, 3.8) is 0 Å². The second-order valence-electron chi connectivity index (χ2n) is 4.77. The third kappa shape index (κ3) is 3.30. The van der Waals surface area contributed by atoms with Gasteiger partial charge in [-0.15, -0.1) is 23.2 Å². The fourth-order valence-electron chi connectivity index (χ4n) is 1.54. The first kappa shape index (κ1) is 15.7. The van der Waals surface area contributed by atoms with E-state index in [0.717, 1.165) is 0 Å². The van der Waals surface area contributed by atoms with Gasteiger partial charge in [0.25, 0.3) is 5.91 Å². The molecule has 1 saturated carbocycles. The Morgan fingerprint density at radius 3 is 2.57 bits per heavy atom. The van der Waals surface area contributed by atoms with Gasteiger partial charge in [0.2, 0.25) is 0 Å². The number of carbonyl (C=O) groups is 3. The lowest BCUT2D eigenvalue weighted by Crippen LogP contribution is -2.43. The number of hydrazine groups is 1. The van der Waals surface area contributed by atoms with Crippen molar-refractivity contribution < 1.29 is 23.5 Å². The lowest BCUT2D eigenvalue weighted by molar-refractivity contribution is -0.153. The summed E-state index contributed by atoms with van der Waals surface area (Å²) in [5.74, 6) is -1.97. The second kappa shape index (κ2) is 5.57. The molecule has 0 unspecified atom stereocenters. The third-order valence-electron chi connectivity index (χ3n) is 3.10. The Hall–Kier alpha value is -1.73. The van der Waals surface area contributed by atoms with Crippen molar-refractivity contribution in [2.75, 3.05) is 6.61 Å². The van der Waals surface area contributed by atoms with E-state index < -0.39 is 34.1 Å².